The van der Waals surface area contributed by atoms with Gasteiger partial charge in [-0.3, -0.25) is 4.79 Å². The van der Waals surface area contributed by atoms with Crippen molar-refractivity contribution in [1.29, 1.82) is 0 Å². The number of carbonyl (C=O) groups is 1. The molecule has 1 aromatic heterocycles. The van der Waals surface area contributed by atoms with E-state index in [0.717, 1.165) is 4.88 Å². The summed E-state index contributed by atoms with van der Waals surface area (Å²) in [6.07, 6.45) is 4.21. The SMILES string of the molecule is CC(NC(=O)c1ccc(C#CCCO)s1)C1CCC1. The van der Waals surface area contributed by atoms with Crippen LogP contribution in [0.2, 0.25) is 0 Å². The van der Waals surface area contributed by atoms with Crippen LogP contribution in [-0.2, 0) is 0 Å². The summed E-state index contributed by atoms with van der Waals surface area (Å²) < 4.78 is 0. The molecule has 1 aliphatic carbocycles. The van der Waals surface area contributed by atoms with Crippen LogP contribution in [0.1, 0.15) is 47.2 Å². The Hall–Kier alpha value is -1.31. The van der Waals surface area contributed by atoms with Gasteiger partial charge in [0, 0.05) is 12.5 Å². The number of amides is 1. The quantitative estimate of drug-likeness (QED) is 0.830. The van der Waals surface area contributed by atoms with Gasteiger partial charge in [0.2, 0.25) is 0 Å². The number of aliphatic hydroxyl groups excluding tert-OH is 1. The second kappa shape index (κ2) is 6.74. The molecule has 2 N–H and O–H groups in total. The lowest BCUT2D eigenvalue weighted by Gasteiger charge is -2.31. The van der Waals surface area contributed by atoms with Crippen molar-refractivity contribution in [3.63, 3.8) is 0 Å². The Labute approximate surface area is 118 Å². The standard InChI is InChI=1S/C15H19NO2S/c1-11(12-5-4-6-12)16-15(18)14-9-8-13(19-14)7-2-3-10-17/h8-9,11-12,17H,3-6,10H2,1H3,(H,16,18). The van der Waals surface area contributed by atoms with Gasteiger partial charge in [0.05, 0.1) is 16.4 Å². The number of rotatable bonds is 4. The number of hydrogen-bond acceptors (Lipinski definition) is 3. The maximum Gasteiger partial charge on any atom is 0.261 e. The Morgan fingerprint density at radius 1 is 1.58 bits per heavy atom. The van der Waals surface area contributed by atoms with Crippen LogP contribution in [-0.4, -0.2) is 23.7 Å². The van der Waals surface area contributed by atoms with E-state index in [1.807, 2.05) is 12.1 Å². The van der Waals surface area contributed by atoms with Gasteiger partial charge in [-0.05, 0) is 37.8 Å². The summed E-state index contributed by atoms with van der Waals surface area (Å²) in [5.74, 6) is 6.45. The van der Waals surface area contributed by atoms with E-state index in [2.05, 4.69) is 24.1 Å². The van der Waals surface area contributed by atoms with E-state index in [-0.39, 0.29) is 18.6 Å². The molecule has 1 heterocycles. The minimum absolute atomic E-state index is 0.000363. The van der Waals surface area contributed by atoms with Gasteiger partial charge in [0.15, 0.2) is 0 Å². The lowest BCUT2D eigenvalue weighted by atomic mass is 9.80. The molecule has 0 aliphatic heterocycles. The summed E-state index contributed by atoms with van der Waals surface area (Å²) in [6.45, 7) is 2.15. The second-order valence-corrected chi connectivity index (χ2v) is 5.98. The third kappa shape index (κ3) is 3.82. The van der Waals surface area contributed by atoms with Gasteiger partial charge in [-0.25, -0.2) is 0 Å². The molecular weight excluding hydrogens is 258 g/mol. The van der Waals surface area contributed by atoms with Crippen LogP contribution in [0.25, 0.3) is 0 Å². The number of hydrogen-bond donors (Lipinski definition) is 2. The summed E-state index contributed by atoms with van der Waals surface area (Å²) in [4.78, 5) is 13.6. The van der Waals surface area contributed by atoms with Gasteiger partial charge in [-0.2, -0.15) is 0 Å². The molecule has 0 saturated heterocycles. The van der Waals surface area contributed by atoms with Crippen molar-refractivity contribution in [3.05, 3.63) is 21.9 Å². The molecular formula is C15H19NO2S. The Morgan fingerprint density at radius 2 is 2.37 bits per heavy atom. The molecule has 1 aromatic rings. The third-order valence-electron chi connectivity index (χ3n) is 3.49. The van der Waals surface area contributed by atoms with Crippen molar-refractivity contribution >= 4 is 17.2 Å². The zero-order valence-electron chi connectivity index (χ0n) is 11.1. The maximum absolute atomic E-state index is 12.1. The third-order valence-corrected chi connectivity index (χ3v) is 4.49. The lowest BCUT2D eigenvalue weighted by molar-refractivity contribution is 0.0913. The largest absolute Gasteiger partial charge is 0.395 e. The fourth-order valence-electron chi connectivity index (χ4n) is 2.07. The first kappa shape index (κ1) is 14.1. The van der Waals surface area contributed by atoms with Gasteiger partial charge in [0.25, 0.3) is 5.91 Å². The normalized spacial score (nSPS) is 16.1. The monoisotopic (exact) mass is 277 g/mol. The van der Waals surface area contributed by atoms with Crippen molar-refractivity contribution in [1.82, 2.24) is 5.32 Å². The second-order valence-electron chi connectivity index (χ2n) is 4.89. The number of nitrogens with one attached hydrogen (secondary N) is 1. The van der Waals surface area contributed by atoms with E-state index in [1.165, 1.54) is 30.6 Å². The summed E-state index contributed by atoms with van der Waals surface area (Å²) in [7, 11) is 0. The highest BCUT2D eigenvalue weighted by Crippen LogP contribution is 2.29. The molecule has 0 radical (unpaired) electrons. The molecule has 1 atom stereocenters. The fraction of sp³-hybridized carbons (Fsp3) is 0.533. The Morgan fingerprint density at radius 3 is 3.00 bits per heavy atom. The number of carbonyl (C=O) groups excluding carboxylic acids is 1. The van der Waals surface area contributed by atoms with Gasteiger partial charge < -0.3 is 10.4 Å². The van der Waals surface area contributed by atoms with Crippen molar-refractivity contribution in [2.24, 2.45) is 5.92 Å². The zero-order valence-corrected chi connectivity index (χ0v) is 11.9. The van der Waals surface area contributed by atoms with Crippen LogP contribution >= 0.6 is 11.3 Å². The van der Waals surface area contributed by atoms with Crippen LogP contribution in [0.5, 0.6) is 0 Å². The minimum Gasteiger partial charge on any atom is -0.395 e. The van der Waals surface area contributed by atoms with Crippen LogP contribution < -0.4 is 5.32 Å². The Balaban J connectivity index is 1.90. The molecule has 1 unspecified atom stereocenters. The number of aliphatic hydroxyl groups is 1. The Bertz CT molecular complexity index is 494. The average molecular weight is 277 g/mol. The first-order valence-electron chi connectivity index (χ1n) is 6.71. The maximum atomic E-state index is 12.1. The van der Waals surface area contributed by atoms with Gasteiger partial charge in [-0.1, -0.05) is 18.3 Å². The van der Waals surface area contributed by atoms with Crippen molar-refractivity contribution in [2.45, 2.75) is 38.6 Å². The molecule has 0 bridgehead atoms. The van der Waals surface area contributed by atoms with E-state index < -0.39 is 0 Å². The molecule has 1 fully saturated rings. The van der Waals surface area contributed by atoms with Crippen LogP contribution in [0.15, 0.2) is 12.1 Å². The molecule has 2 rings (SSSR count). The van der Waals surface area contributed by atoms with E-state index >= 15 is 0 Å². The molecule has 1 saturated carbocycles. The van der Waals surface area contributed by atoms with Crippen molar-refractivity contribution in [2.75, 3.05) is 6.61 Å². The molecule has 1 amide bonds. The van der Waals surface area contributed by atoms with Crippen molar-refractivity contribution in [3.8, 4) is 11.8 Å². The molecule has 4 heteroatoms. The van der Waals surface area contributed by atoms with Gasteiger partial charge >= 0.3 is 0 Å². The summed E-state index contributed by atoms with van der Waals surface area (Å²) >= 11 is 1.40. The van der Waals surface area contributed by atoms with Crippen LogP contribution in [0.3, 0.4) is 0 Å². The Kier molecular flexibility index (Phi) is 5.00. The van der Waals surface area contributed by atoms with E-state index in [4.69, 9.17) is 5.11 Å². The molecule has 102 valence electrons. The van der Waals surface area contributed by atoms with E-state index in [9.17, 15) is 4.79 Å². The van der Waals surface area contributed by atoms with Gasteiger partial charge in [-0.15, -0.1) is 11.3 Å². The van der Waals surface area contributed by atoms with Crippen LogP contribution in [0, 0.1) is 17.8 Å². The summed E-state index contributed by atoms with van der Waals surface area (Å²) in [5, 5.41) is 11.7. The first-order valence-corrected chi connectivity index (χ1v) is 7.53. The summed E-state index contributed by atoms with van der Waals surface area (Å²) in [5.41, 5.74) is 0. The molecule has 0 aromatic carbocycles. The highest BCUT2D eigenvalue weighted by atomic mass is 32.1. The average Bonchev–Trinajstić information content (AvgIpc) is 2.75. The fourth-order valence-corrected chi connectivity index (χ4v) is 2.85. The smallest absolute Gasteiger partial charge is 0.261 e. The topological polar surface area (TPSA) is 49.3 Å². The predicted molar refractivity (Wildman–Crippen MR) is 77.2 cm³/mol. The lowest BCUT2D eigenvalue weighted by Crippen LogP contribution is -2.40. The molecule has 0 spiro atoms. The highest BCUT2D eigenvalue weighted by Gasteiger charge is 2.25. The predicted octanol–water partition coefficient (Wildman–Crippen LogP) is 2.40. The van der Waals surface area contributed by atoms with E-state index in [1.54, 1.807) is 0 Å². The molecule has 3 nitrogen and oxygen atoms in total. The highest BCUT2D eigenvalue weighted by molar-refractivity contribution is 7.14. The van der Waals surface area contributed by atoms with Crippen molar-refractivity contribution < 1.29 is 9.90 Å². The summed E-state index contributed by atoms with van der Waals surface area (Å²) in [6, 6.07) is 3.93. The first-order chi connectivity index (χ1) is 9.20. The van der Waals surface area contributed by atoms with Crippen LogP contribution in [0.4, 0.5) is 0 Å². The minimum atomic E-state index is -0.000363. The molecule has 1 aliphatic rings. The zero-order chi connectivity index (χ0) is 13.7. The van der Waals surface area contributed by atoms with E-state index in [0.29, 0.717) is 17.2 Å². The molecule has 19 heavy (non-hydrogen) atoms. The number of thiophene rings is 1. The van der Waals surface area contributed by atoms with Gasteiger partial charge in [0.1, 0.15) is 0 Å².